The smallest absolute Gasteiger partial charge is 0.113 e. The highest BCUT2D eigenvalue weighted by atomic mass is 19.1. The summed E-state index contributed by atoms with van der Waals surface area (Å²) >= 11 is 0. The van der Waals surface area contributed by atoms with E-state index in [0.717, 1.165) is 53.4 Å². The minimum Gasteiger partial charge on any atom is -0.378 e. The molecule has 1 aliphatic heterocycles. The number of benzene rings is 1. The lowest BCUT2D eigenvalue weighted by Crippen LogP contribution is -2.27. The number of hydrogen-bond donors (Lipinski definition) is 0. The molecule has 1 saturated heterocycles. The summed E-state index contributed by atoms with van der Waals surface area (Å²) in [5, 5.41) is 10.3. The summed E-state index contributed by atoms with van der Waals surface area (Å²) in [6, 6.07) is 8.06. The monoisotopic (exact) mass is 394 g/mol. The van der Waals surface area contributed by atoms with Gasteiger partial charge in [-0.3, -0.25) is 9.37 Å². The highest BCUT2D eigenvalue weighted by Gasteiger charge is 2.29. The Balaban J connectivity index is 2.00. The molecule has 0 aliphatic carbocycles. The molecular weight excluding hydrogens is 367 g/mol. The molecule has 3 heterocycles. The lowest BCUT2D eigenvalue weighted by Gasteiger charge is -2.31. The summed E-state index contributed by atoms with van der Waals surface area (Å²) in [5.74, 6) is 1.03. The fourth-order valence-corrected chi connectivity index (χ4v) is 4.61. The first-order valence-electron chi connectivity index (χ1n) is 10.5. The number of imidazole rings is 1. The van der Waals surface area contributed by atoms with Crippen LogP contribution in [0.5, 0.6) is 0 Å². The van der Waals surface area contributed by atoms with Crippen LogP contribution in [0, 0.1) is 11.3 Å². The van der Waals surface area contributed by atoms with Crippen molar-refractivity contribution < 1.29 is 9.13 Å². The first-order chi connectivity index (χ1) is 14.2. The highest BCUT2D eigenvalue weighted by Crippen LogP contribution is 2.37. The zero-order valence-corrected chi connectivity index (χ0v) is 17.1. The molecule has 0 saturated carbocycles. The number of hydrogen-bond acceptors (Lipinski definition) is 4. The third-order valence-corrected chi connectivity index (χ3v) is 5.95. The van der Waals surface area contributed by atoms with Crippen molar-refractivity contribution in [1.29, 1.82) is 5.26 Å². The second-order valence-electron chi connectivity index (χ2n) is 8.00. The second-order valence-corrected chi connectivity index (χ2v) is 8.00. The normalized spacial score (nSPS) is 20.8. The first-order valence-corrected chi connectivity index (χ1v) is 10.5. The molecule has 1 aromatic carbocycles. The van der Waals surface area contributed by atoms with E-state index >= 15 is 0 Å². The molecule has 3 aromatic rings. The number of aromatic nitrogens is 3. The van der Waals surface area contributed by atoms with E-state index in [1.165, 1.54) is 0 Å². The van der Waals surface area contributed by atoms with Crippen molar-refractivity contribution in [3.63, 3.8) is 0 Å². The Hall–Kier alpha value is -2.52. The SMILES string of the molecule is CCCC(CCF)c1nc2cnc3ccc(C#N)cc3c2n1[C@@H]1CCO[C@H](C)C1. The molecule has 0 radical (unpaired) electrons. The summed E-state index contributed by atoms with van der Waals surface area (Å²) in [6.45, 7) is 4.59. The number of halogens is 1. The molecule has 0 bridgehead atoms. The fraction of sp³-hybridized carbons (Fsp3) is 0.522. The van der Waals surface area contributed by atoms with Gasteiger partial charge in [0.1, 0.15) is 11.3 Å². The van der Waals surface area contributed by atoms with E-state index in [0.29, 0.717) is 18.6 Å². The Morgan fingerprint density at radius 2 is 2.21 bits per heavy atom. The van der Waals surface area contributed by atoms with E-state index in [9.17, 15) is 9.65 Å². The van der Waals surface area contributed by atoms with Gasteiger partial charge >= 0.3 is 0 Å². The zero-order valence-electron chi connectivity index (χ0n) is 17.1. The average Bonchev–Trinajstić information content (AvgIpc) is 3.13. The van der Waals surface area contributed by atoms with E-state index in [-0.39, 0.29) is 24.7 Å². The summed E-state index contributed by atoms with van der Waals surface area (Å²) < 4.78 is 21.5. The predicted molar refractivity (Wildman–Crippen MR) is 112 cm³/mol. The number of nitriles is 1. The molecule has 0 N–H and O–H groups in total. The Bertz CT molecular complexity index is 1050. The van der Waals surface area contributed by atoms with Gasteiger partial charge in [-0.05, 0) is 50.8 Å². The topological polar surface area (TPSA) is 63.7 Å². The molecule has 1 fully saturated rings. The molecule has 1 unspecified atom stereocenters. The van der Waals surface area contributed by atoms with Gasteiger partial charge in [-0.1, -0.05) is 13.3 Å². The van der Waals surface area contributed by atoms with Gasteiger partial charge in [-0.15, -0.1) is 0 Å². The van der Waals surface area contributed by atoms with E-state index in [1.54, 1.807) is 6.07 Å². The van der Waals surface area contributed by atoms with Crippen molar-refractivity contribution >= 4 is 21.9 Å². The van der Waals surface area contributed by atoms with Crippen molar-refractivity contribution in [2.24, 2.45) is 0 Å². The van der Waals surface area contributed by atoms with Crippen LogP contribution in [0.15, 0.2) is 24.4 Å². The minimum atomic E-state index is -0.352. The number of rotatable bonds is 6. The van der Waals surface area contributed by atoms with Crippen molar-refractivity contribution in [3.8, 4) is 6.07 Å². The highest BCUT2D eigenvalue weighted by molar-refractivity contribution is 6.03. The summed E-state index contributed by atoms with van der Waals surface area (Å²) in [5.41, 5.74) is 3.29. The van der Waals surface area contributed by atoms with E-state index in [1.807, 2.05) is 18.3 Å². The second kappa shape index (κ2) is 8.46. The lowest BCUT2D eigenvalue weighted by atomic mass is 9.97. The van der Waals surface area contributed by atoms with Crippen LogP contribution in [-0.4, -0.2) is 33.9 Å². The minimum absolute atomic E-state index is 0.0738. The van der Waals surface area contributed by atoms with Gasteiger partial charge in [0.25, 0.3) is 0 Å². The van der Waals surface area contributed by atoms with Crippen molar-refractivity contribution in [3.05, 3.63) is 35.8 Å². The molecular formula is C23H27FN4O. The summed E-state index contributed by atoms with van der Waals surface area (Å²) in [7, 11) is 0. The van der Waals surface area contributed by atoms with Gasteiger partial charge < -0.3 is 9.30 Å². The average molecular weight is 394 g/mol. The first kappa shape index (κ1) is 19.8. The van der Waals surface area contributed by atoms with Gasteiger partial charge in [-0.2, -0.15) is 5.26 Å². The Morgan fingerprint density at radius 1 is 1.34 bits per heavy atom. The molecule has 5 nitrogen and oxygen atoms in total. The maximum absolute atomic E-state index is 13.4. The molecule has 152 valence electrons. The lowest BCUT2D eigenvalue weighted by molar-refractivity contribution is 0.00599. The Labute approximate surface area is 170 Å². The maximum atomic E-state index is 13.4. The third-order valence-electron chi connectivity index (χ3n) is 5.95. The third kappa shape index (κ3) is 3.72. The predicted octanol–water partition coefficient (Wildman–Crippen LogP) is 5.44. The number of ether oxygens (including phenoxy) is 1. The van der Waals surface area contributed by atoms with Crippen LogP contribution in [0.3, 0.4) is 0 Å². The molecule has 1 aliphatic rings. The Kier molecular flexibility index (Phi) is 5.77. The van der Waals surface area contributed by atoms with Crippen LogP contribution in [0.1, 0.15) is 69.3 Å². The molecule has 29 heavy (non-hydrogen) atoms. The summed E-state index contributed by atoms with van der Waals surface area (Å²) in [4.78, 5) is 9.53. The van der Waals surface area contributed by atoms with Crippen LogP contribution < -0.4 is 0 Å². The number of pyridine rings is 1. The van der Waals surface area contributed by atoms with E-state index in [2.05, 4.69) is 29.5 Å². The Morgan fingerprint density at radius 3 is 2.93 bits per heavy atom. The van der Waals surface area contributed by atoms with Gasteiger partial charge in [0.2, 0.25) is 0 Å². The standard InChI is InChI=1S/C23H27FN4O/c1-3-4-17(7-9-24)23-27-21-14-26-20-6-5-16(13-25)12-19(20)22(21)28(23)18-8-10-29-15(2)11-18/h5-6,12,14-15,17-18H,3-4,7-11H2,1-2H3/t15-,17?,18-/m1/s1. The summed E-state index contributed by atoms with van der Waals surface area (Å²) in [6.07, 6.45) is 6.15. The molecule has 0 amide bonds. The van der Waals surface area contributed by atoms with Gasteiger partial charge in [0.05, 0.1) is 41.6 Å². The van der Waals surface area contributed by atoms with Gasteiger partial charge in [-0.25, -0.2) is 4.98 Å². The quantitative estimate of drug-likeness (QED) is 0.558. The number of fused-ring (bicyclic) bond motifs is 3. The number of nitrogens with zero attached hydrogens (tertiary/aromatic N) is 4. The van der Waals surface area contributed by atoms with Crippen molar-refractivity contribution in [2.75, 3.05) is 13.3 Å². The van der Waals surface area contributed by atoms with Crippen LogP contribution in [0.2, 0.25) is 0 Å². The molecule has 4 rings (SSSR count). The van der Waals surface area contributed by atoms with Crippen LogP contribution >= 0.6 is 0 Å². The zero-order chi connectivity index (χ0) is 20.4. The maximum Gasteiger partial charge on any atom is 0.113 e. The fourth-order valence-electron chi connectivity index (χ4n) is 4.61. The van der Waals surface area contributed by atoms with E-state index < -0.39 is 0 Å². The van der Waals surface area contributed by atoms with Crippen molar-refractivity contribution in [2.45, 2.75) is 64.0 Å². The largest absolute Gasteiger partial charge is 0.378 e. The molecule has 0 spiro atoms. The van der Waals surface area contributed by atoms with Gasteiger partial charge in [0, 0.05) is 24.0 Å². The molecule has 3 atom stereocenters. The van der Waals surface area contributed by atoms with E-state index in [4.69, 9.17) is 9.72 Å². The van der Waals surface area contributed by atoms with Crippen LogP contribution in [0.4, 0.5) is 4.39 Å². The number of alkyl halides is 1. The molecule has 2 aromatic heterocycles. The van der Waals surface area contributed by atoms with Crippen LogP contribution in [-0.2, 0) is 4.74 Å². The van der Waals surface area contributed by atoms with Crippen LogP contribution in [0.25, 0.3) is 21.9 Å². The molecule has 6 heteroatoms. The van der Waals surface area contributed by atoms with Gasteiger partial charge in [0.15, 0.2) is 0 Å². The van der Waals surface area contributed by atoms with Crippen molar-refractivity contribution in [1.82, 2.24) is 14.5 Å².